The highest BCUT2D eigenvalue weighted by Crippen LogP contribution is 2.39. The average molecular weight is 370 g/mol. The van der Waals surface area contributed by atoms with Crippen LogP contribution in [-0.2, 0) is 4.79 Å². The summed E-state index contributed by atoms with van der Waals surface area (Å²) in [6.07, 6.45) is 11.2. The van der Waals surface area contributed by atoms with Crippen molar-refractivity contribution in [3.05, 3.63) is 18.1 Å². The second-order valence-corrected chi connectivity index (χ2v) is 8.91. The molecule has 1 N–H and O–H groups in total. The zero-order valence-corrected chi connectivity index (χ0v) is 16.1. The van der Waals surface area contributed by atoms with Gasteiger partial charge in [-0.25, -0.2) is 9.97 Å². The topological polar surface area (TPSA) is 61.4 Å². The van der Waals surface area contributed by atoms with Gasteiger partial charge >= 0.3 is 0 Å². The fourth-order valence-corrected chi connectivity index (χ4v) is 4.70. The summed E-state index contributed by atoms with van der Waals surface area (Å²) in [4.78, 5) is 26.4. The summed E-state index contributed by atoms with van der Waals surface area (Å²) in [6, 6.07) is 3.30. The number of carbonyl (C=O) groups is 1. The Morgan fingerprint density at radius 3 is 2.56 bits per heavy atom. The Bertz CT molecular complexity index is 679. The van der Waals surface area contributed by atoms with Crippen LogP contribution in [0.25, 0.3) is 0 Å². The third-order valence-electron chi connectivity index (χ3n) is 6.72. The lowest BCUT2D eigenvalue weighted by molar-refractivity contribution is -0.127. The summed E-state index contributed by atoms with van der Waals surface area (Å²) >= 11 is 0. The van der Waals surface area contributed by atoms with Gasteiger partial charge in [0.15, 0.2) is 0 Å². The first-order valence-corrected chi connectivity index (χ1v) is 10.9. The van der Waals surface area contributed by atoms with Crippen LogP contribution in [0.4, 0.5) is 5.82 Å². The van der Waals surface area contributed by atoms with Gasteiger partial charge in [-0.2, -0.15) is 0 Å². The molecule has 2 saturated heterocycles. The van der Waals surface area contributed by atoms with Crippen molar-refractivity contribution in [1.82, 2.24) is 20.2 Å². The Hall–Kier alpha value is -1.69. The lowest BCUT2D eigenvalue weighted by Crippen LogP contribution is -2.51. The van der Waals surface area contributed by atoms with Crippen LogP contribution in [0.15, 0.2) is 12.4 Å². The fraction of sp³-hybridized carbons (Fsp3) is 0.762. The van der Waals surface area contributed by atoms with Crippen LogP contribution < -0.4 is 10.2 Å². The molecule has 27 heavy (non-hydrogen) atoms. The highest BCUT2D eigenvalue weighted by molar-refractivity contribution is 5.79. The van der Waals surface area contributed by atoms with E-state index >= 15 is 0 Å². The summed E-state index contributed by atoms with van der Waals surface area (Å²) in [5, 5.41) is 3.21. The quantitative estimate of drug-likeness (QED) is 0.863. The predicted octanol–water partition coefficient (Wildman–Crippen LogP) is 2.31. The zero-order valence-electron chi connectivity index (χ0n) is 16.1. The average Bonchev–Trinajstić information content (AvgIpc) is 3.63. The lowest BCUT2D eigenvalue weighted by atomic mass is 9.93. The van der Waals surface area contributed by atoms with Crippen LogP contribution in [0.2, 0.25) is 0 Å². The Kier molecular flexibility index (Phi) is 4.76. The smallest absolute Gasteiger partial charge is 0.224 e. The summed E-state index contributed by atoms with van der Waals surface area (Å²) in [7, 11) is 0. The Morgan fingerprint density at radius 1 is 1.00 bits per heavy atom. The maximum Gasteiger partial charge on any atom is 0.224 e. The Labute approximate surface area is 161 Å². The van der Waals surface area contributed by atoms with E-state index in [0.717, 1.165) is 44.8 Å². The molecule has 1 unspecified atom stereocenters. The van der Waals surface area contributed by atoms with Crippen LogP contribution in [0.3, 0.4) is 0 Å². The highest BCUT2D eigenvalue weighted by atomic mass is 16.2. The molecule has 3 heterocycles. The standard InChI is InChI=1S/C21H31N5O/c27-21(24-17-5-6-17)16-2-1-9-26(13-16)18-7-10-25(11-8-18)20-12-19(15-3-4-15)22-14-23-20/h12,14-18H,1-11,13H2,(H,24,27). The van der Waals surface area contributed by atoms with Gasteiger partial charge < -0.3 is 10.2 Å². The van der Waals surface area contributed by atoms with E-state index in [-0.39, 0.29) is 5.92 Å². The molecule has 5 rings (SSSR count). The second kappa shape index (κ2) is 7.38. The minimum absolute atomic E-state index is 0.195. The summed E-state index contributed by atoms with van der Waals surface area (Å²) in [5.74, 6) is 2.27. The number of hydrogen-bond donors (Lipinski definition) is 1. The molecule has 0 aromatic carbocycles. The number of amides is 1. The van der Waals surface area contributed by atoms with Crippen molar-refractivity contribution in [2.45, 2.75) is 69.4 Å². The molecule has 0 spiro atoms. The predicted molar refractivity (Wildman–Crippen MR) is 105 cm³/mol. The summed E-state index contributed by atoms with van der Waals surface area (Å²) in [5.41, 5.74) is 1.22. The van der Waals surface area contributed by atoms with Crippen LogP contribution in [0, 0.1) is 5.92 Å². The Balaban J connectivity index is 1.15. The molecule has 6 heteroatoms. The Morgan fingerprint density at radius 2 is 1.81 bits per heavy atom. The van der Waals surface area contributed by atoms with E-state index in [4.69, 9.17) is 0 Å². The molecule has 2 saturated carbocycles. The lowest BCUT2D eigenvalue weighted by Gasteiger charge is -2.42. The first-order valence-electron chi connectivity index (χ1n) is 10.9. The van der Waals surface area contributed by atoms with E-state index < -0.39 is 0 Å². The normalized spacial score (nSPS) is 27.6. The number of aromatic nitrogens is 2. The van der Waals surface area contributed by atoms with Crippen LogP contribution >= 0.6 is 0 Å². The van der Waals surface area contributed by atoms with Gasteiger partial charge in [0.25, 0.3) is 0 Å². The van der Waals surface area contributed by atoms with Crippen LogP contribution in [0.5, 0.6) is 0 Å². The largest absolute Gasteiger partial charge is 0.356 e. The van der Waals surface area contributed by atoms with Crippen molar-refractivity contribution in [2.75, 3.05) is 31.1 Å². The van der Waals surface area contributed by atoms with Gasteiger partial charge in [-0.05, 0) is 57.9 Å². The van der Waals surface area contributed by atoms with Crippen molar-refractivity contribution >= 4 is 11.7 Å². The van der Waals surface area contributed by atoms with Crippen molar-refractivity contribution < 1.29 is 4.79 Å². The number of likely N-dealkylation sites (tertiary alicyclic amines) is 1. The number of anilines is 1. The van der Waals surface area contributed by atoms with Gasteiger partial charge in [0, 0.05) is 49.4 Å². The molecule has 2 aliphatic carbocycles. The summed E-state index contributed by atoms with van der Waals surface area (Å²) < 4.78 is 0. The third-order valence-corrected chi connectivity index (χ3v) is 6.72. The maximum absolute atomic E-state index is 12.4. The fourth-order valence-electron chi connectivity index (χ4n) is 4.70. The first kappa shape index (κ1) is 17.4. The number of nitrogens with zero attached hydrogens (tertiary/aromatic N) is 4. The monoisotopic (exact) mass is 369 g/mol. The molecule has 4 aliphatic rings. The molecule has 1 amide bonds. The van der Waals surface area contributed by atoms with Gasteiger partial charge in [-0.15, -0.1) is 0 Å². The molecule has 1 atom stereocenters. The van der Waals surface area contributed by atoms with E-state index in [9.17, 15) is 4.79 Å². The molecule has 4 fully saturated rings. The SMILES string of the molecule is O=C(NC1CC1)C1CCCN(C2CCN(c3cc(C4CC4)ncn3)CC2)C1. The first-order chi connectivity index (χ1) is 13.3. The molecule has 1 aromatic rings. The number of nitrogens with one attached hydrogen (secondary N) is 1. The highest BCUT2D eigenvalue weighted by Gasteiger charge is 2.34. The molecular weight excluding hydrogens is 338 g/mol. The van der Waals surface area contributed by atoms with Crippen LogP contribution in [-0.4, -0.2) is 59.0 Å². The summed E-state index contributed by atoms with van der Waals surface area (Å²) in [6.45, 7) is 4.21. The van der Waals surface area contributed by atoms with Crippen molar-refractivity contribution in [3.8, 4) is 0 Å². The van der Waals surface area contributed by atoms with Gasteiger partial charge in [0.1, 0.15) is 12.1 Å². The van der Waals surface area contributed by atoms with Crippen molar-refractivity contribution in [2.24, 2.45) is 5.92 Å². The van der Waals surface area contributed by atoms with E-state index in [0.29, 0.717) is 23.9 Å². The molecule has 0 bridgehead atoms. The van der Waals surface area contributed by atoms with Gasteiger partial charge in [0.05, 0.1) is 5.92 Å². The molecule has 146 valence electrons. The van der Waals surface area contributed by atoms with E-state index in [2.05, 4.69) is 31.2 Å². The molecule has 1 aromatic heterocycles. The second-order valence-electron chi connectivity index (χ2n) is 8.91. The van der Waals surface area contributed by atoms with E-state index in [1.165, 1.54) is 44.2 Å². The zero-order chi connectivity index (χ0) is 18.2. The van der Waals surface area contributed by atoms with Gasteiger partial charge in [0.2, 0.25) is 5.91 Å². The van der Waals surface area contributed by atoms with Crippen LogP contribution in [0.1, 0.15) is 63.0 Å². The number of rotatable bonds is 5. The number of carbonyl (C=O) groups excluding carboxylic acids is 1. The number of piperidine rings is 2. The van der Waals surface area contributed by atoms with E-state index in [1.54, 1.807) is 6.33 Å². The van der Waals surface area contributed by atoms with Gasteiger partial charge in [-0.3, -0.25) is 9.69 Å². The third kappa shape index (κ3) is 4.10. The van der Waals surface area contributed by atoms with Gasteiger partial charge in [-0.1, -0.05) is 0 Å². The van der Waals surface area contributed by atoms with Crippen molar-refractivity contribution in [3.63, 3.8) is 0 Å². The molecule has 0 radical (unpaired) electrons. The van der Waals surface area contributed by atoms with Crippen molar-refractivity contribution in [1.29, 1.82) is 0 Å². The van der Waals surface area contributed by atoms with E-state index in [1.807, 2.05) is 0 Å². The molecular formula is C21H31N5O. The number of hydrogen-bond acceptors (Lipinski definition) is 5. The minimum Gasteiger partial charge on any atom is -0.356 e. The minimum atomic E-state index is 0.195. The molecule has 6 nitrogen and oxygen atoms in total. The maximum atomic E-state index is 12.4. The molecule has 2 aliphatic heterocycles.